The number of aliphatic hydroxyl groups is 1. The number of aliphatic hydroxyl groups excluding tert-OH is 1. The standard InChI is InChI=1S/C18H16O6/c19-13-8-18(9-14(20)23-13)6-11(10-4-2-1-3-5-10)15-12(7-18)16(21)24-17(15)22/h1-5,11,17,22H,6-9H2. The van der Waals surface area contributed by atoms with E-state index >= 15 is 0 Å². The summed E-state index contributed by atoms with van der Waals surface area (Å²) in [4.78, 5) is 35.8. The maximum absolute atomic E-state index is 12.1. The predicted octanol–water partition coefficient (Wildman–Crippen LogP) is 1.59. The number of cyclic esters (lactones) is 3. The summed E-state index contributed by atoms with van der Waals surface area (Å²) in [5.74, 6) is -1.96. The van der Waals surface area contributed by atoms with Gasteiger partial charge in [-0.25, -0.2) is 4.79 Å². The SMILES string of the molecule is O=C1CC2(CC(=O)O1)CC1=C(C(O)OC1=O)C(c1ccccc1)C2. The zero-order valence-corrected chi connectivity index (χ0v) is 12.9. The molecule has 1 aromatic carbocycles. The number of rotatable bonds is 1. The summed E-state index contributed by atoms with van der Waals surface area (Å²) in [6, 6.07) is 9.45. The van der Waals surface area contributed by atoms with E-state index in [4.69, 9.17) is 4.74 Å². The fourth-order valence-corrected chi connectivity index (χ4v) is 4.18. The van der Waals surface area contributed by atoms with Gasteiger partial charge in [-0.15, -0.1) is 0 Å². The van der Waals surface area contributed by atoms with Gasteiger partial charge in [0.2, 0.25) is 6.29 Å². The summed E-state index contributed by atoms with van der Waals surface area (Å²) in [7, 11) is 0. The molecule has 1 fully saturated rings. The summed E-state index contributed by atoms with van der Waals surface area (Å²) in [6.45, 7) is 0. The zero-order valence-electron chi connectivity index (χ0n) is 12.9. The number of carbonyl (C=O) groups is 3. The Morgan fingerprint density at radius 1 is 1.00 bits per heavy atom. The van der Waals surface area contributed by atoms with Crippen LogP contribution in [0.3, 0.4) is 0 Å². The number of esters is 3. The summed E-state index contributed by atoms with van der Waals surface area (Å²) in [5, 5.41) is 10.2. The molecule has 2 unspecified atom stereocenters. The molecule has 1 N–H and O–H groups in total. The third kappa shape index (κ3) is 2.34. The molecule has 24 heavy (non-hydrogen) atoms. The lowest BCUT2D eigenvalue weighted by Gasteiger charge is -2.41. The second kappa shape index (κ2) is 5.27. The third-order valence-electron chi connectivity index (χ3n) is 5.11. The van der Waals surface area contributed by atoms with Gasteiger partial charge in [-0.3, -0.25) is 9.59 Å². The van der Waals surface area contributed by atoms with Gasteiger partial charge in [0.25, 0.3) is 0 Å². The van der Waals surface area contributed by atoms with Gasteiger partial charge in [0.15, 0.2) is 0 Å². The third-order valence-corrected chi connectivity index (χ3v) is 5.11. The van der Waals surface area contributed by atoms with Gasteiger partial charge in [-0.1, -0.05) is 30.3 Å². The van der Waals surface area contributed by atoms with E-state index in [1.807, 2.05) is 30.3 Å². The molecule has 3 aliphatic rings. The first-order valence-corrected chi connectivity index (χ1v) is 7.88. The fourth-order valence-electron chi connectivity index (χ4n) is 4.18. The first-order chi connectivity index (χ1) is 11.5. The lowest BCUT2D eigenvalue weighted by atomic mass is 9.62. The van der Waals surface area contributed by atoms with Crippen LogP contribution in [0.4, 0.5) is 0 Å². The molecule has 4 rings (SSSR count). The van der Waals surface area contributed by atoms with E-state index in [9.17, 15) is 19.5 Å². The Kier molecular flexibility index (Phi) is 3.31. The van der Waals surface area contributed by atoms with E-state index in [2.05, 4.69) is 4.74 Å². The molecule has 1 saturated heterocycles. The zero-order chi connectivity index (χ0) is 16.9. The molecule has 0 amide bonds. The van der Waals surface area contributed by atoms with Crippen LogP contribution in [0.5, 0.6) is 0 Å². The largest absolute Gasteiger partial charge is 0.428 e. The van der Waals surface area contributed by atoms with Gasteiger partial charge in [0, 0.05) is 17.1 Å². The average Bonchev–Trinajstić information content (AvgIpc) is 2.80. The van der Waals surface area contributed by atoms with E-state index in [0.29, 0.717) is 17.6 Å². The molecule has 2 heterocycles. The van der Waals surface area contributed by atoms with Gasteiger partial charge in [0.1, 0.15) is 0 Å². The van der Waals surface area contributed by atoms with Crippen molar-refractivity contribution in [3.8, 4) is 0 Å². The molecule has 6 nitrogen and oxygen atoms in total. The van der Waals surface area contributed by atoms with Crippen molar-refractivity contribution in [3.63, 3.8) is 0 Å². The highest BCUT2D eigenvalue weighted by Gasteiger charge is 2.52. The molecule has 1 spiro atoms. The van der Waals surface area contributed by atoms with Crippen LogP contribution in [0, 0.1) is 5.41 Å². The molecule has 0 saturated carbocycles. The summed E-state index contributed by atoms with van der Waals surface area (Å²) >= 11 is 0. The summed E-state index contributed by atoms with van der Waals surface area (Å²) in [6.07, 6.45) is -0.349. The van der Waals surface area contributed by atoms with Crippen LogP contribution in [-0.2, 0) is 23.9 Å². The normalized spacial score (nSPS) is 28.6. The smallest absolute Gasteiger partial charge is 0.336 e. The van der Waals surface area contributed by atoms with Gasteiger partial charge in [-0.05, 0) is 23.8 Å². The molecule has 6 heteroatoms. The molecule has 2 aliphatic heterocycles. The Labute approximate surface area is 138 Å². The minimum absolute atomic E-state index is 0.0855. The fraction of sp³-hybridized carbons (Fsp3) is 0.389. The van der Waals surface area contributed by atoms with Crippen molar-refractivity contribution < 1.29 is 29.0 Å². The van der Waals surface area contributed by atoms with Gasteiger partial charge in [0.05, 0.1) is 12.8 Å². The highest BCUT2D eigenvalue weighted by molar-refractivity contribution is 5.94. The van der Waals surface area contributed by atoms with E-state index in [-0.39, 0.29) is 25.2 Å². The molecule has 2 atom stereocenters. The highest BCUT2D eigenvalue weighted by Crippen LogP contribution is 2.54. The molecular formula is C18H16O6. The van der Waals surface area contributed by atoms with Crippen molar-refractivity contribution in [3.05, 3.63) is 47.0 Å². The molecule has 0 radical (unpaired) electrons. The Morgan fingerprint density at radius 2 is 1.67 bits per heavy atom. The van der Waals surface area contributed by atoms with E-state index < -0.39 is 29.6 Å². The number of hydrogen-bond acceptors (Lipinski definition) is 6. The van der Waals surface area contributed by atoms with Crippen LogP contribution in [0.25, 0.3) is 0 Å². The Morgan fingerprint density at radius 3 is 2.33 bits per heavy atom. The lowest BCUT2D eigenvalue weighted by Crippen LogP contribution is -2.40. The van der Waals surface area contributed by atoms with E-state index in [0.717, 1.165) is 5.56 Å². The number of benzene rings is 1. The number of ether oxygens (including phenoxy) is 2. The van der Waals surface area contributed by atoms with Gasteiger partial charge < -0.3 is 14.6 Å². The minimum atomic E-state index is -1.26. The van der Waals surface area contributed by atoms with Crippen LogP contribution in [0.15, 0.2) is 41.5 Å². The molecule has 0 bridgehead atoms. The Bertz CT molecular complexity index is 747. The van der Waals surface area contributed by atoms with Crippen LogP contribution in [0.1, 0.15) is 37.2 Å². The van der Waals surface area contributed by atoms with Crippen molar-refractivity contribution in [2.75, 3.05) is 0 Å². The van der Waals surface area contributed by atoms with Gasteiger partial charge in [-0.2, -0.15) is 0 Å². The summed E-state index contributed by atoms with van der Waals surface area (Å²) < 4.78 is 9.64. The van der Waals surface area contributed by atoms with Gasteiger partial charge >= 0.3 is 17.9 Å². The van der Waals surface area contributed by atoms with E-state index in [1.165, 1.54) is 0 Å². The van der Waals surface area contributed by atoms with Crippen LogP contribution >= 0.6 is 0 Å². The second-order valence-corrected chi connectivity index (χ2v) is 6.74. The van der Waals surface area contributed by atoms with Crippen molar-refractivity contribution in [2.24, 2.45) is 5.41 Å². The molecular weight excluding hydrogens is 312 g/mol. The highest BCUT2D eigenvalue weighted by atomic mass is 16.6. The number of carbonyl (C=O) groups excluding carboxylic acids is 3. The average molecular weight is 328 g/mol. The maximum atomic E-state index is 12.1. The van der Waals surface area contributed by atoms with E-state index in [1.54, 1.807) is 0 Å². The van der Waals surface area contributed by atoms with Crippen LogP contribution in [0.2, 0.25) is 0 Å². The molecule has 0 aromatic heterocycles. The first-order valence-electron chi connectivity index (χ1n) is 7.88. The van der Waals surface area contributed by atoms with Crippen molar-refractivity contribution in [1.29, 1.82) is 0 Å². The number of hydrogen-bond donors (Lipinski definition) is 1. The second-order valence-electron chi connectivity index (χ2n) is 6.74. The topological polar surface area (TPSA) is 89.9 Å². The quantitative estimate of drug-likeness (QED) is 0.622. The Balaban J connectivity index is 1.81. The lowest BCUT2D eigenvalue weighted by molar-refractivity contribution is -0.170. The molecule has 1 aromatic rings. The Hall–Kier alpha value is -2.47. The predicted molar refractivity (Wildman–Crippen MR) is 80.3 cm³/mol. The molecule has 124 valence electrons. The maximum Gasteiger partial charge on any atom is 0.336 e. The monoisotopic (exact) mass is 328 g/mol. The van der Waals surface area contributed by atoms with Crippen molar-refractivity contribution in [2.45, 2.75) is 37.9 Å². The van der Waals surface area contributed by atoms with Crippen molar-refractivity contribution >= 4 is 17.9 Å². The van der Waals surface area contributed by atoms with Crippen LogP contribution < -0.4 is 0 Å². The minimum Gasteiger partial charge on any atom is -0.428 e. The van der Waals surface area contributed by atoms with Crippen LogP contribution in [-0.4, -0.2) is 29.3 Å². The summed E-state index contributed by atoms with van der Waals surface area (Å²) in [5.41, 5.74) is 1.22. The first kappa shape index (κ1) is 15.1. The molecule has 1 aliphatic carbocycles. The van der Waals surface area contributed by atoms with Crippen molar-refractivity contribution in [1.82, 2.24) is 0 Å².